The van der Waals surface area contributed by atoms with Gasteiger partial charge in [-0.25, -0.2) is 9.67 Å². The van der Waals surface area contributed by atoms with Gasteiger partial charge in [0.05, 0.1) is 18.5 Å². The molecular weight excluding hydrogens is 388 g/mol. The van der Waals surface area contributed by atoms with E-state index in [0.29, 0.717) is 18.9 Å². The van der Waals surface area contributed by atoms with Crippen LogP contribution in [0, 0.1) is 0 Å². The predicted octanol–water partition coefficient (Wildman–Crippen LogP) is 2.61. The molecule has 0 saturated heterocycles. The van der Waals surface area contributed by atoms with E-state index in [1.165, 1.54) is 10.7 Å². The Morgan fingerprint density at radius 1 is 1.24 bits per heavy atom. The largest absolute Gasteiger partial charge is 0.497 e. The number of methoxy groups -OCH3 is 1. The summed E-state index contributed by atoms with van der Waals surface area (Å²) in [5.41, 5.74) is 2.60. The van der Waals surface area contributed by atoms with Crippen molar-refractivity contribution in [3.05, 3.63) is 63.5 Å². The minimum absolute atomic E-state index is 0.0619. The Morgan fingerprint density at radius 2 is 2.03 bits per heavy atom. The van der Waals surface area contributed by atoms with Gasteiger partial charge in [-0.2, -0.15) is 5.10 Å². The summed E-state index contributed by atoms with van der Waals surface area (Å²) in [6.07, 6.45) is 2.83. The average Bonchev–Trinajstić information content (AvgIpc) is 3.48. The number of aromatic nitrogens is 3. The van der Waals surface area contributed by atoms with Crippen molar-refractivity contribution < 1.29 is 9.53 Å². The molecule has 1 fully saturated rings. The summed E-state index contributed by atoms with van der Waals surface area (Å²) >= 11 is 1.57. The summed E-state index contributed by atoms with van der Waals surface area (Å²) in [5.74, 6) is 1.03. The van der Waals surface area contributed by atoms with Crippen molar-refractivity contribution in [1.29, 1.82) is 0 Å². The smallest absolute Gasteiger partial charge is 0.267 e. The van der Waals surface area contributed by atoms with Gasteiger partial charge < -0.3 is 10.1 Å². The first-order valence-electron chi connectivity index (χ1n) is 9.56. The Bertz CT molecular complexity index is 1050. The van der Waals surface area contributed by atoms with Gasteiger partial charge in [0, 0.05) is 35.9 Å². The molecule has 0 radical (unpaired) electrons. The van der Waals surface area contributed by atoms with E-state index in [2.05, 4.69) is 15.4 Å². The lowest BCUT2D eigenvalue weighted by molar-refractivity contribution is -0.121. The third-order valence-electron chi connectivity index (χ3n) is 4.77. The monoisotopic (exact) mass is 410 g/mol. The average molecular weight is 410 g/mol. The topological polar surface area (TPSA) is 86.1 Å². The first-order chi connectivity index (χ1) is 14.1. The van der Waals surface area contributed by atoms with Gasteiger partial charge in [-0.15, -0.1) is 11.3 Å². The van der Waals surface area contributed by atoms with Gasteiger partial charge in [0.1, 0.15) is 17.3 Å². The van der Waals surface area contributed by atoms with Crippen LogP contribution < -0.4 is 15.6 Å². The van der Waals surface area contributed by atoms with E-state index in [1.54, 1.807) is 24.5 Å². The second-order valence-corrected chi connectivity index (χ2v) is 7.86. The van der Waals surface area contributed by atoms with E-state index in [9.17, 15) is 9.59 Å². The summed E-state index contributed by atoms with van der Waals surface area (Å²) in [6, 6.07) is 11.0. The molecule has 1 saturated carbocycles. The zero-order chi connectivity index (χ0) is 20.2. The molecule has 8 heteroatoms. The molecule has 1 amide bonds. The lowest BCUT2D eigenvalue weighted by Crippen LogP contribution is -2.34. The fourth-order valence-electron chi connectivity index (χ4n) is 2.98. The number of nitrogens with one attached hydrogen (secondary N) is 1. The van der Waals surface area contributed by atoms with Crippen molar-refractivity contribution in [2.45, 2.75) is 31.7 Å². The number of carbonyl (C=O) groups is 1. The normalized spacial score (nSPS) is 13.3. The van der Waals surface area contributed by atoms with Crippen LogP contribution in [0.25, 0.3) is 10.6 Å². The van der Waals surface area contributed by atoms with Crippen LogP contribution in [0.3, 0.4) is 0 Å². The van der Waals surface area contributed by atoms with E-state index in [1.807, 2.05) is 29.6 Å². The SMILES string of the molecule is COc1ccc(-c2nc(CCNC(=O)Cn3nc(C4CC4)ccc3=O)cs2)cc1. The summed E-state index contributed by atoms with van der Waals surface area (Å²) in [5, 5.41) is 10.1. The van der Waals surface area contributed by atoms with E-state index in [-0.39, 0.29) is 18.0 Å². The molecule has 0 bridgehead atoms. The van der Waals surface area contributed by atoms with E-state index < -0.39 is 0 Å². The molecule has 0 spiro atoms. The van der Waals surface area contributed by atoms with Crippen molar-refractivity contribution >= 4 is 17.2 Å². The number of thiazole rings is 1. The molecule has 0 aliphatic heterocycles. The number of amides is 1. The van der Waals surface area contributed by atoms with Crippen LogP contribution in [0.4, 0.5) is 0 Å². The van der Waals surface area contributed by atoms with Crippen molar-refractivity contribution in [1.82, 2.24) is 20.1 Å². The molecule has 1 aliphatic rings. The highest BCUT2D eigenvalue weighted by Crippen LogP contribution is 2.38. The number of hydrogen-bond acceptors (Lipinski definition) is 6. The van der Waals surface area contributed by atoms with Crippen LogP contribution in [0.1, 0.15) is 30.1 Å². The lowest BCUT2D eigenvalue weighted by Gasteiger charge is -2.07. The maximum atomic E-state index is 12.2. The molecule has 1 aromatic carbocycles. The first-order valence-corrected chi connectivity index (χ1v) is 10.4. The molecule has 0 atom stereocenters. The fourth-order valence-corrected chi connectivity index (χ4v) is 3.85. The summed E-state index contributed by atoms with van der Waals surface area (Å²) in [7, 11) is 1.64. The third kappa shape index (κ3) is 4.89. The molecule has 2 aromatic heterocycles. The molecule has 3 aromatic rings. The van der Waals surface area contributed by atoms with Crippen molar-refractivity contribution in [3.63, 3.8) is 0 Å². The van der Waals surface area contributed by atoms with E-state index >= 15 is 0 Å². The van der Waals surface area contributed by atoms with Crippen molar-refractivity contribution in [3.8, 4) is 16.3 Å². The first kappa shape index (κ1) is 19.3. The summed E-state index contributed by atoms with van der Waals surface area (Å²) in [4.78, 5) is 28.8. The molecule has 2 heterocycles. The second-order valence-electron chi connectivity index (χ2n) is 7.00. The third-order valence-corrected chi connectivity index (χ3v) is 5.71. The van der Waals surface area contributed by atoms with Gasteiger partial charge in [0.15, 0.2) is 0 Å². The minimum atomic E-state index is -0.256. The molecule has 7 nitrogen and oxygen atoms in total. The van der Waals surface area contributed by atoms with Gasteiger partial charge in [-0.3, -0.25) is 9.59 Å². The van der Waals surface area contributed by atoms with Crippen molar-refractivity contribution in [2.24, 2.45) is 0 Å². The summed E-state index contributed by atoms with van der Waals surface area (Å²) in [6.45, 7) is 0.398. The molecular formula is C21H22N4O3S. The van der Waals surface area contributed by atoms with Crippen LogP contribution in [-0.2, 0) is 17.8 Å². The number of carbonyl (C=O) groups excluding carboxylic acids is 1. The Morgan fingerprint density at radius 3 is 2.76 bits per heavy atom. The van der Waals surface area contributed by atoms with Gasteiger partial charge in [0.25, 0.3) is 5.56 Å². The quantitative estimate of drug-likeness (QED) is 0.617. The number of benzene rings is 1. The number of hydrogen-bond donors (Lipinski definition) is 1. The van der Waals surface area contributed by atoms with Gasteiger partial charge in [0.2, 0.25) is 5.91 Å². The second kappa shape index (κ2) is 8.57. The van der Waals surface area contributed by atoms with Crippen molar-refractivity contribution in [2.75, 3.05) is 13.7 Å². The zero-order valence-corrected chi connectivity index (χ0v) is 16.9. The molecule has 29 heavy (non-hydrogen) atoms. The Kier molecular flexibility index (Phi) is 5.71. The maximum absolute atomic E-state index is 12.2. The van der Waals surface area contributed by atoms with Crippen LogP contribution in [-0.4, -0.2) is 34.3 Å². The Labute approximate surface area is 172 Å². The van der Waals surface area contributed by atoms with E-state index in [4.69, 9.17) is 4.74 Å². The van der Waals surface area contributed by atoms with Gasteiger partial charge in [-0.05, 0) is 43.2 Å². The van der Waals surface area contributed by atoms with Crippen LogP contribution in [0.5, 0.6) is 5.75 Å². The van der Waals surface area contributed by atoms with Crippen LogP contribution in [0.15, 0.2) is 46.6 Å². The zero-order valence-electron chi connectivity index (χ0n) is 16.1. The van der Waals surface area contributed by atoms with E-state index in [0.717, 1.165) is 40.6 Å². The lowest BCUT2D eigenvalue weighted by atomic mass is 10.2. The predicted molar refractivity (Wildman–Crippen MR) is 111 cm³/mol. The highest BCUT2D eigenvalue weighted by atomic mass is 32.1. The van der Waals surface area contributed by atoms with Crippen LogP contribution in [0.2, 0.25) is 0 Å². The van der Waals surface area contributed by atoms with Gasteiger partial charge in [-0.1, -0.05) is 0 Å². The number of nitrogens with zero attached hydrogens (tertiary/aromatic N) is 3. The highest BCUT2D eigenvalue weighted by Gasteiger charge is 2.25. The Balaban J connectivity index is 1.29. The standard InChI is InChI=1S/C21H22N4O3S/c1-28-17-6-4-15(5-7-17)21-23-16(13-29-21)10-11-22-19(26)12-25-20(27)9-8-18(24-25)14-2-3-14/h4-9,13-14H,2-3,10-12H2,1H3,(H,22,26). The highest BCUT2D eigenvalue weighted by molar-refractivity contribution is 7.13. The number of ether oxygens (including phenoxy) is 1. The molecule has 0 unspecified atom stereocenters. The van der Waals surface area contributed by atoms with Crippen LogP contribution >= 0.6 is 11.3 Å². The van der Waals surface area contributed by atoms with Gasteiger partial charge >= 0.3 is 0 Å². The molecule has 1 aliphatic carbocycles. The fraction of sp³-hybridized carbons (Fsp3) is 0.333. The Hall–Kier alpha value is -3.00. The molecule has 1 N–H and O–H groups in total. The summed E-state index contributed by atoms with van der Waals surface area (Å²) < 4.78 is 6.42. The minimum Gasteiger partial charge on any atom is -0.497 e. The molecule has 4 rings (SSSR count). The number of rotatable bonds is 8. The maximum Gasteiger partial charge on any atom is 0.267 e. The molecule has 150 valence electrons.